The SMILES string of the molecule is COc1ccc(C2CCN(CCN(C(=O)CC3CCCCC3)c3ccccn3)C2)cc1Br. The monoisotopic (exact) mass is 499 g/mol. The molecule has 1 aliphatic carbocycles. The molecule has 172 valence electrons. The van der Waals surface area contributed by atoms with Gasteiger partial charge in [0.15, 0.2) is 0 Å². The summed E-state index contributed by atoms with van der Waals surface area (Å²) in [7, 11) is 1.69. The number of halogens is 1. The van der Waals surface area contributed by atoms with Crippen LogP contribution in [-0.4, -0.2) is 49.1 Å². The average Bonchev–Trinajstić information content (AvgIpc) is 3.29. The predicted octanol–water partition coefficient (Wildman–Crippen LogP) is 5.65. The Labute approximate surface area is 200 Å². The van der Waals surface area contributed by atoms with E-state index in [2.05, 4.69) is 37.9 Å². The van der Waals surface area contributed by atoms with E-state index in [9.17, 15) is 4.79 Å². The van der Waals surface area contributed by atoms with Crippen LogP contribution in [0.25, 0.3) is 0 Å². The molecule has 2 aromatic rings. The fraction of sp³-hybridized carbons (Fsp3) is 0.538. The van der Waals surface area contributed by atoms with E-state index in [1.807, 2.05) is 29.2 Å². The van der Waals surface area contributed by atoms with Gasteiger partial charge in [0.2, 0.25) is 5.91 Å². The normalized spacial score (nSPS) is 19.8. The number of ether oxygens (including phenoxy) is 1. The lowest BCUT2D eigenvalue weighted by Crippen LogP contribution is -2.39. The molecule has 2 aliphatic rings. The second kappa shape index (κ2) is 11.3. The zero-order valence-corrected chi connectivity index (χ0v) is 20.6. The Balaban J connectivity index is 1.36. The first-order valence-corrected chi connectivity index (χ1v) is 12.7. The molecule has 1 atom stereocenters. The number of pyridine rings is 1. The van der Waals surface area contributed by atoms with Crippen molar-refractivity contribution in [1.82, 2.24) is 9.88 Å². The van der Waals surface area contributed by atoms with E-state index < -0.39 is 0 Å². The van der Waals surface area contributed by atoms with Crippen LogP contribution in [0.1, 0.15) is 56.4 Å². The molecular formula is C26H34BrN3O2. The second-order valence-electron chi connectivity index (χ2n) is 9.12. The van der Waals surface area contributed by atoms with Gasteiger partial charge >= 0.3 is 0 Å². The molecule has 32 heavy (non-hydrogen) atoms. The number of aromatic nitrogens is 1. The molecule has 1 saturated heterocycles. The van der Waals surface area contributed by atoms with Crippen molar-refractivity contribution in [3.63, 3.8) is 0 Å². The van der Waals surface area contributed by atoms with Gasteiger partial charge in [-0.2, -0.15) is 0 Å². The number of benzene rings is 1. The quantitative estimate of drug-likeness (QED) is 0.470. The Hall–Kier alpha value is -1.92. The van der Waals surface area contributed by atoms with Crippen molar-refractivity contribution >= 4 is 27.7 Å². The van der Waals surface area contributed by atoms with Crippen molar-refractivity contribution in [3.05, 3.63) is 52.6 Å². The first-order valence-electron chi connectivity index (χ1n) is 11.9. The second-order valence-corrected chi connectivity index (χ2v) is 9.98. The van der Waals surface area contributed by atoms with Crippen molar-refractivity contribution in [3.8, 4) is 5.75 Å². The molecule has 0 bridgehead atoms. The summed E-state index contributed by atoms with van der Waals surface area (Å²) < 4.78 is 6.37. The van der Waals surface area contributed by atoms with Crippen LogP contribution in [0.3, 0.4) is 0 Å². The van der Waals surface area contributed by atoms with Gasteiger partial charge in [-0.05, 0) is 83.4 Å². The van der Waals surface area contributed by atoms with Crippen molar-refractivity contribution < 1.29 is 9.53 Å². The summed E-state index contributed by atoms with van der Waals surface area (Å²) in [5, 5.41) is 0. The largest absolute Gasteiger partial charge is 0.496 e. The minimum atomic E-state index is 0.227. The summed E-state index contributed by atoms with van der Waals surface area (Å²) in [6, 6.07) is 12.2. The maximum atomic E-state index is 13.3. The molecule has 0 spiro atoms. The topological polar surface area (TPSA) is 45.7 Å². The zero-order chi connectivity index (χ0) is 22.3. The number of rotatable bonds is 8. The minimum absolute atomic E-state index is 0.227. The molecule has 1 aromatic carbocycles. The molecule has 1 aliphatic heterocycles. The van der Waals surface area contributed by atoms with E-state index in [1.165, 1.54) is 37.7 Å². The molecule has 0 radical (unpaired) electrons. The van der Waals surface area contributed by atoms with Crippen LogP contribution in [0.4, 0.5) is 5.82 Å². The summed E-state index contributed by atoms with van der Waals surface area (Å²) in [6.07, 6.45) is 9.78. The number of nitrogens with zero attached hydrogens (tertiary/aromatic N) is 3. The molecule has 5 nitrogen and oxygen atoms in total. The Bertz CT molecular complexity index is 886. The van der Waals surface area contributed by atoms with Crippen molar-refractivity contribution in [1.29, 1.82) is 0 Å². The number of amides is 1. The number of carbonyl (C=O) groups excluding carboxylic acids is 1. The highest BCUT2D eigenvalue weighted by Gasteiger charge is 2.27. The third-order valence-electron chi connectivity index (χ3n) is 6.97. The van der Waals surface area contributed by atoms with Crippen LogP contribution in [0.15, 0.2) is 47.1 Å². The standard InChI is InChI=1S/C26H34BrN3O2/c1-32-24-11-10-21(18-23(24)27)22-12-14-29(19-22)15-16-30(25-9-5-6-13-28-25)26(31)17-20-7-3-2-4-8-20/h5-6,9-11,13,18,20,22H,2-4,7-8,12,14-17,19H2,1H3. The van der Waals surface area contributed by atoms with Gasteiger partial charge in [0.1, 0.15) is 11.6 Å². The van der Waals surface area contributed by atoms with E-state index in [4.69, 9.17) is 4.74 Å². The third kappa shape index (κ3) is 5.90. The molecule has 1 unspecified atom stereocenters. The maximum Gasteiger partial charge on any atom is 0.228 e. The van der Waals surface area contributed by atoms with Gasteiger partial charge in [-0.15, -0.1) is 0 Å². The highest BCUT2D eigenvalue weighted by molar-refractivity contribution is 9.10. The molecule has 2 fully saturated rings. The molecule has 1 amide bonds. The van der Waals surface area contributed by atoms with Crippen LogP contribution in [0.5, 0.6) is 5.75 Å². The fourth-order valence-electron chi connectivity index (χ4n) is 5.11. The van der Waals surface area contributed by atoms with Gasteiger partial charge in [-0.3, -0.25) is 9.69 Å². The summed E-state index contributed by atoms with van der Waals surface area (Å²) in [6.45, 7) is 3.65. The predicted molar refractivity (Wildman–Crippen MR) is 132 cm³/mol. The number of hydrogen-bond acceptors (Lipinski definition) is 4. The van der Waals surface area contributed by atoms with Crippen LogP contribution in [0, 0.1) is 5.92 Å². The van der Waals surface area contributed by atoms with Gasteiger partial charge < -0.3 is 9.64 Å². The summed E-state index contributed by atoms with van der Waals surface area (Å²) >= 11 is 3.61. The Morgan fingerprint density at radius 2 is 2.03 bits per heavy atom. The highest BCUT2D eigenvalue weighted by atomic mass is 79.9. The van der Waals surface area contributed by atoms with E-state index in [1.54, 1.807) is 13.3 Å². The number of methoxy groups -OCH3 is 1. The zero-order valence-electron chi connectivity index (χ0n) is 19.0. The molecule has 1 saturated carbocycles. The van der Waals surface area contributed by atoms with Crippen molar-refractivity contribution in [2.45, 2.75) is 50.9 Å². The maximum absolute atomic E-state index is 13.3. The van der Waals surface area contributed by atoms with Gasteiger partial charge in [-0.25, -0.2) is 4.98 Å². The number of hydrogen-bond donors (Lipinski definition) is 0. The Morgan fingerprint density at radius 1 is 1.19 bits per heavy atom. The molecular weight excluding hydrogens is 466 g/mol. The smallest absolute Gasteiger partial charge is 0.228 e. The fourth-order valence-corrected chi connectivity index (χ4v) is 5.67. The molecule has 6 heteroatoms. The average molecular weight is 500 g/mol. The van der Waals surface area contributed by atoms with Gasteiger partial charge in [0.25, 0.3) is 0 Å². The Kier molecular flexibility index (Phi) is 8.20. The molecule has 4 rings (SSSR count). The molecule has 1 aromatic heterocycles. The lowest BCUT2D eigenvalue weighted by Gasteiger charge is -2.28. The number of carbonyl (C=O) groups is 1. The van der Waals surface area contributed by atoms with E-state index >= 15 is 0 Å². The van der Waals surface area contributed by atoms with E-state index in [-0.39, 0.29) is 5.91 Å². The lowest BCUT2D eigenvalue weighted by atomic mass is 9.86. The molecule has 0 N–H and O–H groups in total. The van der Waals surface area contributed by atoms with E-state index in [0.29, 0.717) is 24.8 Å². The summed E-state index contributed by atoms with van der Waals surface area (Å²) in [5.74, 6) is 2.92. The first-order chi connectivity index (χ1) is 15.6. The number of anilines is 1. The van der Waals surface area contributed by atoms with Gasteiger partial charge in [0, 0.05) is 32.3 Å². The lowest BCUT2D eigenvalue weighted by molar-refractivity contribution is -0.119. The van der Waals surface area contributed by atoms with E-state index in [0.717, 1.165) is 42.1 Å². The summed E-state index contributed by atoms with van der Waals surface area (Å²) in [4.78, 5) is 22.1. The Morgan fingerprint density at radius 3 is 2.75 bits per heavy atom. The van der Waals surface area contributed by atoms with Gasteiger partial charge in [-0.1, -0.05) is 31.4 Å². The highest BCUT2D eigenvalue weighted by Crippen LogP contribution is 2.33. The van der Waals surface area contributed by atoms with Gasteiger partial charge in [0.05, 0.1) is 11.6 Å². The molecule has 2 heterocycles. The van der Waals surface area contributed by atoms with Crippen LogP contribution < -0.4 is 9.64 Å². The van der Waals surface area contributed by atoms with Crippen LogP contribution in [0.2, 0.25) is 0 Å². The van der Waals surface area contributed by atoms with Crippen molar-refractivity contribution in [2.24, 2.45) is 5.92 Å². The van der Waals surface area contributed by atoms with Crippen molar-refractivity contribution in [2.75, 3.05) is 38.2 Å². The third-order valence-corrected chi connectivity index (χ3v) is 7.59. The minimum Gasteiger partial charge on any atom is -0.496 e. The first kappa shape index (κ1) is 23.2. The summed E-state index contributed by atoms with van der Waals surface area (Å²) in [5.41, 5.74) is 1.34. The van der Waals surface area contributed by atoms with Crippen LogP contribution in [-0.2, 0) is 4.79 Å². The number of likely N-dealkylation sites (tertiary alicyclic amines) is 1. The van der Waals surface area contributed by atoms with Crippen LogP contribution >= 0.6 is 15.9 Å².